The van der Waals surface area contributed by atoms with Crippen molar-refractivity contribution in [2.45, 2.75) is 6.92 Å². The highest BCUT2D eigenvalue weighted by Crippen LogP contribution is 2.40. The summed E-state index contributed by atoms with van der Waals surface area (Å²) in [6.07, 6.45) is 0. The van der Waals surface area contributed by atoms with Gasteiger partial charge >= 0.3 is 5.63 Å². The van der Waals surface area contributed by atoms with Crippen molar-refractivity contribution < 1.29 is 13.9 Å². The molecule has 0 atom stereocenters. The lowest BCUT2D eigenvalue weighted by Gasteiger charge is -2.14. The van der Waals surface area contributed by atoms with Crippen LogP contribution < -0.4 is 15.1 Å². The van der Waals surface area contributed by atoms with Gasteiger partial charge in [0.15, 0.2) is 0 Å². The molecule has 0 bridgehead atoms. The van der Waals surface area contributed by atoms with E-state index in [1.165, 1.54) is 7.11 Å². The van der Waals surface area contributed by atoms with Crippen LogP contribution >= 0.6 is 0 Å². The maximum atomic E-state index is 12.2. The smallest absolute Gasteiger partial charge is 0.379 e. The maximum Gasteiger partial charge on any atom is 0.379 e. The Morgan fingerprint density at radius 1 is 0.909 bits per heavy atom. The van der Waals surface area contributed by atoms with E-state index in [-0.39, 0.29) is 5.75 Å². The van der Waals surface area contributed by atoms with Crippen LogP contribution in [0.25, 0.3) is 22.1 Å². The molecule has 0 amide bonds. The third-order valence-electron chi connectivity index (χ3n) is 3.65. The van der Waals surface area contributed by atoms with Gasteiger partial charge in [0.05, 0.1) is 19.6 Å². The second-order valence-corrected chi connectivity index (χ2v) is 4.95. The molecule has 0 fully saturated rings. The zero-order chi connectivity index (χ0) is 15.7. The molecule has 1 heterocycles. The summed E-state index contributed by atoms with van der Waals surface area (Å²) in [5.41, 5.74) is 2.51. The summed E-state index contributed by atoms with van der Waals surface area (Å²) in [4.78, 5) is 12.2. The van der Waals surface area contributed by atoms with Gasteiger partial charge in [-0.05, 0) is 24.1 Å². The number of ether oxygens (including phenoxy) is 2. The predicted octanol–water partition coefficient (Wildman–Crippen LogP) is 3.79. The zero-order valence-electron chi connectivity index (χ0n) is 12.7. The Morgan fingerprint density at radius 2 is 1.59 bits per heavy atom. The van der Waals surface area contributed by atoms with E-state index in [0.717, 1.165) is 16.5 Å². The van der Waals surface area contributed by atoms with Crippen LogP contribution in [0.4, 0.5) is 0 Å². The molecule has 0 saturated carbocycles. The third-order valence-corrected chi connectivity index (χ3v) is 3.65. The number of hydrogen-bond acceptors (Lipinski definition) is 4. The highest BCUT2D eigenvalue weighted by Gasteiger charge is 2.21. The standard InChI is InChI=1S/C18H16O4/c1-11-9-10-13-15(16(11)20-2)14(12-7-5-4-6-8-12)17(21-3)18(19)22-13/h4-10H,1-3H3. The fourth-order valence-electron chi connectivity index (χ4n) is 2.68. The van der Waals surface area contributed by atoms with Gasteiger partial charge in [-0.25, -0.2) is 4.79 Å². The summed E-state index contributed by atoms with van der Waals surface area (Å²) < 4.78 is 16.2. The number of fused-ring (bicyclic) bond motifs is 1. The fourth-order valence-corrected chi connectivity index (χ4v) is 2.68. The second-order valence-electron chi connectivity index (χ2n) is 4.95. The Hall–Kier alpha value is -2.75. The molecule has 0 radical (unpaired) electrons. The second kappa shape index (κ2) is 5.56. The molecule has 4 nitrogen and oxygen atoms in total. The molecular weight excluding hydrogens is 280 g/mol. The summed E-state index contributed by atoms with van der Waals surface area (Å²) in [6.45, 7) is 1.95. The van der Waals surface area contributed by atoms with Crippen LogP contribution in [0.2, 0.25) is 0 Å². The Morgan fingerprint density at radius 3 is 2.23 bits per heavy atom. The summed E-state index contributed by atoms with van der Waals surface area (Å²) in [5.74, 6) is 0.862. The lowest BCUT2D eigenvalue weighted by molar-refractivity contribution is 0.385. The minimum atomic E-state index is -0.500. The molecular formula is C18H16O4. The molecule has 0 saturated heterocycles. The van der Waals surface area contributed by atoms with Crippen LogP contribution in [-0.4, -0.2) is 14.2 Å². The molecule has 0 aliphatic heterocycles. The van der Waals surface area contributed by atoms with Crippen molar-refractivity contribution in [3.8, 4) is 22.6 Å². The molecule has 3 aromatic rings. The van der Waals surface area contributed by atoms with E-state index in [1.807, 2.05) is 43.3 Å². The van der Waals surface area contributed by atoms with E-state index >= 15 is 0 Å². The SMILES string of the molecule is COc1c(-c2ccccc2)c2c(OC)c(C)ccc2oc1=O. The number of hydrogen-bond donors (Lipinski definition) is 0. The number of methoxy groups -OCH3 is 2. The minimum Gasteiger partial charge on any atom is -0.496 e. The van der Waals surface area contributed by atoms with Gasteiger partial charge in [-0.2, -0.15) is 0 Å². The zero-order valence-corrected chi connectivity index (χ0v) is 12.7. The summed E-state index contributed by atoms with van der Waals surface area (Å²) in [5, 5.41) is 0.741. The summed E-state index contributed by atoms with van der Waals surface area (Å²) in [6, 6.07) is 13.3. The molecule has 112 valence electrons. The minimum absolute atomic E-state index is 0.183. The van der Waals surface area contributed by atoms with Gasteiger partial charge in [0.1, 0.15) is 11.3 Å². The first-order chi connectivity index (χ1) is 10.7. The predicted molar refractivity (Wildman–Crippen MR) is 85.8 cm³/mol. The lowest BCUT2D eigenvalue weighted by Crippen LogP contribution is -2.07. The van der Waals surface area contributed by atoms with Gasteiger partial charge in [-0.3, -0.25) is 0 Å². The Kier molecular flexibility index (Phi) is 3.59. The van der Waals surface area contributed by atoms with Crippen LogP contribution in [-0.2, 0) is 0 Å². The first kappa shape index (κ1) is 14.2. The van der Waals surface area contributed by atoms with Gasteiger partial charge in [0, 0.05) is 5.56 Å². The van der Waals surface area contributed by atoms with Crippen molar-refractivity contribution in [1.82, 2.24) is 0 Å². The van der Waals surface area contributed by atoms with E-state index in [2.05, 4.69) is 0 Å². The summed E-state index contributed by atoms with van der Waals surface area (Å²) >= 11 is 0. The molecule has 22 heavy (non-hydrogen) atoms. The van der Waals surface area contributed by atoms with Crippen LogP contribution in [0.3, 0.4) is 0 Å². The van der Waals surface area contributed by atoms with Crippen molar-refractivity contribution in [3.63, 3.8) is 0 Å². The molecule has 1 aromatic heterocycles. The van der Waals surface area contributed by atoms with Crippen LogP contribution in [0, 0.1) is 6.92 Å². The first-order valence-electron chi connectivity index (χ1n) is 6.91. The molecule has 2 aromatic carbocycles. The average molecular weight is 296 g/mol. The Bertz CT molecular complexity index is 879. The van der Waals surface area contributed by atoms with E-state index in [9.17, 15) is 4.79 Å². The molecule has 0 unspecified atom stereocenters. The normalized spacial score (nSPS) is 10.7. The third kappa shape index (κ3) is 2.13. The average Bonchev–Trinajstić information content (AvgIpc) is 2.54. The Labute approximate surface area is 127 Å². The molecule has 0 N–H and O–H groups in total. The quantitative estimate of drug-likeness (QED) is 0.690. The largest absolute Gasteiger partial charge is 0.496 e. The van der Waals surface area contributed by atoms with Crippen LogP contribution in [0.1, 0.15) is 5.56 Å². The monoisotopic (exact) mass is 296 g/mol. The lowest BCUT2D eigenvalue weighted by atomic mass is 9.98. The maximum absolute atomic E-state index is 12.2. The van der Waals surface area contributed by atoms with Gasteiger partial charge < -0.3 is 13.9 Å². The van der Waals surface area contributed by atoms with Gasteiger partial charge in [0.25, 0.3) is 0 Å². The number of rotatable bonds is 3. The molecule has 3 rings (SSSR count). The molecule has 0 spiro atoms. The van der Waals surface area contributed by atoms with Crippen molar-refractivity contribution in [2.24, 2.45) is 0 Å². The number of aryl methyl sites for hydroxylation is 1. The van der Waals surface area contributed by atoms with E-state index in [0.29, 0.717) is 16.9 Å². The van der Waals surface area contributed by atoms with Gasteiger partial charge in [-0.15, -0.1) is 0 Å². The molecule has 0 aliphatic carbocycles. The van der Waals surface area contributed by atoms with Crippen molar-refractivity contribution >= 4 is 11.0 Å². The van der Waals surface area contributed by atoms with E-state index < -0.39 is 5.63 Å². The van der Waals surface area contributed by atoms with Crippen molar-refractivity contribution in [2.75, 3.05) is 14.2 Å². The highest BCUT2D eigenvalue weighted by molar-refractivity contribution is 6.01. The van der Waals surface area contributed by atoms with Crippen molar-refractivity contribution in [3.05, 3.63) is 58.4 Å². The van der Waals surface area contributed by atoms with Crippen LogP contribution in [0.15, 0.2) is 51.7 Å². The van der Waals surface area contributed by atoms with Crippen molar-refractivity contribution in [1.29, 1.82) is 0 Å². The Balaban J connectivity index is 2.55. The topological polar surface area (TPSA) is 48.7 Å². The van der Waals surface area contributed by atoms with E-state index in [4.69, 9.17) is 13.9 Å². The van der Waals surface area contributed by atoms with Gasteiger partial charge in [0.2, 0.25) is 5.75 Å². The summed E-state index contributed by atoms with van der Waals surface area (Å²) in [7, 11) is 3.07. The first-order valence-corrected chi connectivity index (χ1v) is 6.91. The fraction of sp³-hybridized carbons (Fsp3) is 0.167. The van der Waals surface area contributed by atoms with Crippen LogP contribution in [0.5, 0.6) is 11.5 Å². The van der Waals surface area contributed by atoms with E-state index in [1.54, 1.807) is 13.2 Å². The molecule has 4 heteroatoms. The van der Waals surface area contributed by atoms with Gasteiger partial charge in [-0.1, -0.05) is 36.4 Å². The number of benzene rings is 2. The highest BCUT2D eigenvalue weighted by atomic mass is 16.5. The molecule has 0 aliphatic rings.